The van der Waals surface area contributed by atoms with Crippen molar-refractivity contribution in [3.05, 3.63) is 62.8 Å². The zero-order chi connectivity index (χ0) is 14.3. The molecule has 5 heteroatoms. The monoisotopic (exact) mass is 356 g/mol. The van der Waals surface area contributed by atoms with Crippen molar-refractivity contribution in [3.8, 4) is 5.75 Å². The van der Waals surface area contributed by atoms with Gasteiger partial charge in [0.2, 0.25) is 0 Å². The van der Waals surface area contributed by atoms with Gasteiger partial charge in [-0.15, -0.1) is 0 Å². The van der Waals surface area contributed by atoms with Crippen LogP contribution in [-0.4, -0.2) is 11.2 Å². The van der Waals surface area contributed by atoms with Crippen molar-refractivity contribution in [1.82, 2.24) is 0 Å². The van der Waals surface area contributed by atoms with Gasteiger partial charge < -0.3 is 9.84 Å². The zero-order valence-corrected chi connectivity index (χ0v) is 12.7. The lowest BCUT2D eigenvalue weighted by Crippen LogP contribution is -2.31. The maximum Gasteiger partial charge on any atom is 0.153 e. The van der Waals surface area contributed by atoms with E-state index in [2.05, 4.69) is 15.9 Å². The Morgan fingerprint density at radius 3 is 2.85 bits per heavy atom. The van der Waals surface area contributed by atoms with Crippen LogP contribution in [-0.2, 0) is 6.42 Å². The smallest absolute Gasteiger partial charge is 0.153 e. The van der Waals surface area contributed by atoms with Gasteiger partial charge in [-0.25, -0.2) is 4.39 Å². The molecule has 1 N–H and O–H groups in total. The largest absolute Gasteiger partial charge is 0.481 e. The molecule has 0 bridgehead atoms. The molecular formula is C15H11BrClFO2. The normalized spacial score (nSPS) is 21.2. The molecule has 0 spiro atoms. The number of ether oxygens (including phenoxy) is 1. The highest BCUT2D eigenvalue weighted by Gasteiger charge is 2.32. The Kier molecular flexibility index (Phi) is 3.71. The van der Waals surface area contributed by atoms with Gasteiger partial charge in [0.1, 0.15) is 11.6 Å². The Morgan fingerprint density at radius 2 is 2.10 bits per heavy atom. The lowest BCUT2D eigenvalue weighted by atomic mass is 9.94. The minimum atomic E-state index is -0.799. The summed E-state index contributed by atoms with van der Waals surface area (Å²) in [7, 11) is 0. The number of fused-ring (bicyclic) bond motifs is 1. The average Bonchev–Trinajstić information content (AvgIpc) is 2.39. The van der Waals surface area contributed by atoms with Crippen LogP contribution < -0.4 is 4.74 Å². The third-order valence-corrected chi connectivity index (χ3v) is 4.20. The predicted molar refractivity (Wildman–Crippen MR) is 78.6 cm³/mol. The van der Waals surface area contributed by atoms with Gasteiger partial charge in [0.15, 0.2) is 6.10 Å². The third-order valence-electron chi connectivity index (χ3n) is 3.34. The van der Waals surface area contributed by atoms with Crippen molar-refractivity contribution in [2.75, 3.05) is 0 Å². The Labute approximate surface area is 129 Å². The second-order valence-corrected chi connectivity index (χ2v) is 5.99. The van der Waals surface area contributed by atoms with Crippen LogP contribution in [0, 0.1) is 5.82 Å². The van der Waals surface area contributed by atoms with Crippen LogP contribution in [0.15, 0.2) is 40.9 Å². The van der Waals surface area contributed by atoms with E-state index in [1.165, 1.54) is 6.07 Å². The summed E-state index contributed by atoms with van der Waals surface area (Å²) in [5.74, 6) is 0.175. The van der Waals surface area contributed by atoms with Crippen molar-refractivity contribution in [1.29, 1.82) is 0 Å². The summed E-state index contributed by atoms with van der Waals surface area (Å²) < 4.78 is 20.6. The number of aliphatic hydroxyl groups is 1. The number of halogens is 3. The Morgan fingerprint density at radius 1 is 1.30 bits per heavy atom. The van der Waals surface area contributed by atoms with Crippen LogP contribution in [0.2, 0.25) is 5.02 Å². The fourth-order valence-corrected chi connectivity index (χ4v) is 3.05. The summed E-state index contributed by atoms with van der Waals surface area (Å²) >= 11 is 9.16. The number of para-hydroxylation sites is 1. The Balaban J connectivity index is 2.01. The summed E-state index contributed by atoms with van der Waals surface area (Å²) in [4.78, 5) is 0. The molecular weight excluding hydrogens is 347 g/mol. The number of aliphatic hydroxyl groups excluding tert-OH is 1. The molecule has 0 radical (unpaired) electrons. The molecule has 2 aromatic carbocycles. The fraction of sp³-hybridized carbons (Fsp3) is 0.200. The second-order valence-electron chi connectivity index (χ2n) is 4.70. The van der Waals surface area contributed by atoms with Gasteiger partial charge in [0.25, 0.3) is 0 Å². The van der Waals surface area contributed by atoms with Gasteiger partial charge in [-0.2, -0.15) is 0 Å². The van der Waals surface area contributed by atoms with E-state index < -0.39 is 18.0 Å². The summed E-state index contributed by atoms with van der Waals surface area (Å²) in [6.45, 7) is 0. The number of hydrogen-bond donors (Lipinski definition) is 1. The zero-order valence-electron chi connectivity index (χ0n) is 10.3. The quantitative estimate of drug-likeness (QED) is 0.825. The topological polar surface area (TPSA) is 29.5 Å². The van der Waals surface area contributed by atoms with E-state index >= 15 is 0 Å². The maximum atomic E-state index is 14.0. The van der Waals surface area contributed by atoms with E-state index in [-0.39, 0.29) is 0 Å². The van der Waals surface area contributed by atoms with Crippen LogP contribution >= 0.6 is 27.5 Å². The summed E-state index contributed by atoms with van der Waals surface area (Å²) in [6.07, 6.45) is -1.12. The van der Waals surface area contributed by atoms with Crippen molar-refractivity contribution in [2.24, 2.45) is 0 Å². The van der Waals surface area contributed by atoms with Gasteiger partial charge in [-0.3, -0.25) is 0 Å². The second kappa shape index (κ2) is 5.35. The molecule has 2 aromatic rings. The molecule has 3 rings (SSSR count). The first-order chi connectivity index (χ1) is 9.56. The molecule has 0 aliphatic carbocycles. The summed E-state index contributed by atoms with van der Waals surface area (Å²) in [5.41, 5.74) is 1.21. The standard InChI is InChI=1S/C15H11BrClFO2/c16-11-3-1-2-8-6-13(19)15(20-14(8)11)10-5-4-9(17)7-12(10)18/h1-5,7,13,15,19H,6H2. The van der Waals surface area contributed by atoms with E-state index in [0.29, 0.717) is 22.8 Å². The average molecular weight is 358 g/mol. The lowest BCUT2D eigenvalue weighted by Gasteiger charge is -2.31. The van der Waals surface area contributed by atoms with Crippen molar-refractivity contribution >= 4 is 27.5 Å². The molecule has 2 nitrogen and oxygen atoms in total. The highest BCUT2D eigenvalue weighted by Crippen LogP contribution is 2.40. The van der Waals surface area contributed by atoms with Crippen LogP contribution in [0.1, 0.15) is 17.2 Å². The Hall–Kier alpha value is -1.10. The summed E-state index contributed by atoms with van der Waals surface area (Å²) in [5, 5.41) is 10.5. The lowest BCUT2D eigenvalue weighted by molar-refractivity contribution is 0.0183. The molecule has 2 atom stereocenters. The first-order valence-electron chi connectivity index (χ1n) is 6.13. The minimum Gasteiger partial charge on any atom is -0.481 e. The highest BCUT2D eigenvalue weighted by atomic mass is 79.9. The molecule has 1 aliphatic heterocycles. The molecule has 0 fully saturated rings. The van der Waals surface area contributed by atoms with Crippen molar-refractivity contribution in [3.63, 3.8) is 0 Å². The van der Waals surface area contributed by atoms with Crippen LogP contribution in [0.4, 0.5) is 4.39 Å². The van der Waals surface area contributed by atoms with Gasteiger partial charge in [-0.1, -0.05) is 29.8 Å². The van der Waals surface area contributed by atoms with Crippen molar-refractivity contribution < 1.29 is 14.2 Å². The first-order valence-corrected chi connectivity index (χ1v) is 7.30. The maximum absolute atomic E-state index is 14.0. The van der Waals surface area contributed by atoms with E-state index in [4.69, 9.17) is 16.3 Å². The summed E-state index contributed by atoms with van der Waals surface area (Å²) in [6, 6.07) is 9.98. The first kappa shape index (κ1) is 13.9. The number of benzene rings is 2. The van der Waals surface area contributed by atoms with Gasteiger partial charge in [0.05, 0.1) is 10.6 Å². The highest BCUT2D eigenvalue weighted by molar-refractivity contribution is 9.10. The molecule has 0 saturated carbocycles. The van der Waals surface area contributed by atoms with E-state index in [1.54, 1.807) is 12.1 Å². The van der Waals surface area contributed by atoms with Gasteiger partial charge in [-0.05, 0) is 39.7 Å². The van der Waals surface area contributed by atoms with Crippen LogP contribution in [0.3, 0.4) is 0 Å². The molecule has 1 aliphatic rings. The van der Waals surface area contributed by atoms with Gasteiger partial charge in [0, 0.05) is 17.0 Å². The molecule has 0 saturated heterocycles. The fourth-order valence-electron chi connectivity index (χ4n) is 2.39. The van der Waals surface area contributed by atoms with E-state index in [9.17, 15) is 9.50 Å². The number of rotatable bonds is 1. The molecule has 1 heterocycles. The SMILES string of the molecule is OC1Cc2cccc(Br)c2OC1c1ccc(Cl)cc1F. The molecule has 104 valence electrons. The van der Waals surface area contributed by atoms with E-state index in [1.807, 2.05) is 18.2 Å². The molecule has 2 unspecified atom stereocenters. The Bertz CT molecular complexity index is 662. The molecule has 20 heavy (non-hydrogen) atoms. The number of hydrogen-bond acceptors (Lipinski definition) is 2. The third kappa shape index (κ3) is 2.43. The molecule has 0 amide bonds. The van der Waals surface area contributed by atoms with Crippen LogP contribution in [0.5, 0.6) is 5.75 Å². The minimum absolute atomic E-state index is 0.309. The van der Waals surface area contributed by atoms with E-state index in [0.717, 1.165) is 10.0 Å². The van der Waals surface area contributed by atoms with Crippen LogP contribution in [0.25, 0.3) is 0 Å². The molecule has 0 aromatic heterocycles. The predicted octanol–water partition coefficient (Wildman–Crippen LogP) is 4.28. The van der Waals surface area contributed by atoms with Gasteiger partial charge >= 0.3 is 0 Å². The van der Waals surface area contributed by atoms with Crippen molar-refractivity contribution in [2.45, 2.75) is 18.6 Å².